The van der Waals surface area contributed by atoms with E-state index in [2.05, 4.69) is 21.0 Å². The molecule has 0 aliphatic carbocycles. The summed E-state index contributed by atoms with van der Waals surface area (Å²) in [6, 6.07) is 12.4. The van der Waals surface area contributed by atoms with Crippen LogP contribution in [0.2, 0.25) is 0 Å². The Hall–Kier alpha value is -3.15. The molecule has 0 saturated carbocycles. The van der Waals surface area contributed by atoms with Crippen LogP contribution in [0.25, 0.3) is 22.2 Å². The third-order valence-corrected chi connectivity index (χ3v) is 6.96. The van der Waals surface area contributed by atoms with Gasteiger partial charge in [-0.05, 0) is 42.8 Å². The summed E-state index contributed by atoms with van der Waals surface area (Å²) in [6.45, 7) is 1.91. The van der Waals surface area contributed by atoms with Gasteiger partial charge in [0.1, 0.15) is 17.1 Å². The molecule has 0 radical (unpaired) electrons. The van der Waals surface area contributed by atoms with Crippen LogP contribution in [0.15, 0.2) is 59.2 Å². The Kier molecular flexibility index (Phi) is 4.63. The first-order valence-electron chi connectivity index (χ1n) is 8.35. The molecule has 4 aromatic rings. The molecule has 0 fully saturated rings. The summed E-state index contributed by atoms with van der Waals surface area (Å²) < 4.78 is 25.4. The zero-order valence-electron chi connectivity index (χ0n) is 14.8. The molecule has 0 atom stereocenters. The predicted molar refractivity (Wildman–Crippen MR) is 107 cm³/mol. The summed E-state index contributed by atoms with van der Waals surface area (Å²) in [5.41, 5.74) is 3.63. The summed E-state index contributed by atoms with van der Waals surface area (Å²) >= 11 is 1.31. The van der Waals surface area contributed by atoms with E-state index in [1.165, 1.54) is 17.7 Å². The van der Waals surface area contributed by atoms with Crippen LogP contribution in [0.4, 0.5) is 0 Å². The third-order valence-electron chi connectivity index (χ3n) is 4.37. The lowest BCUT2D eigenvalue weighted by Crippen LogP contribution is -2.05. The molecule has 2 aromatic heterocycles. The van der Waals surface area contributed by atoms with Gasteiger partial charge >= 0.3 is 0 Å². The maximum atomic E-state index is 12.7. The van der Waals surface area contributed by atoms with Crippen LogP contribution in [0, 0.1) is 18.3 Å². The maximum Gasteiger partial charge on any atom is 0.184 e. The van der Waals surface area contributed by atoms with E-state index in [0.29, 0.717) is 21.8 Å². The van der Waals surface area contributed by atoms with E-state index >= 15 is 0 Å². The number of rotatable bonds is 4. The molecule has 0 aliphatic rings. The highest BCUT2D eigenvalue weighted by atomic mass is 32.2. The minimum absolute atomic E-state index is 0.136. The lowest BCUT2D eigenvalue weighted by molar-refractivity contribution is 0.595. The van der Waals surface area contributed by atoms with Crippen LogP contribution in [0.3, 0.4) is 0 Å². The summed E-state index contributed by atoms with van der Waals surface area (Å²) in [4.78, 5) is 12.9. The molecule has 6 nitrogen and oxygen atoms in total. The van der Waals surface area contributed by atoms with Gasteiger partial charge < -0.3 is 0 Å². The fraction of sp³-hybridized carbons (Fsp3) is 0.100. The Morgan fingerprint density at radius 1 is 1.11 bits per heavy atom. The topological polar surface area (TPSA) is 96.6 Å². The first kappa shape index (κ1) is 18.2. The number of thiazole rings is 1. The van der Waals surface area contributed by atoms with Crippen molar-refractivity contribution in [2.75, 3.05) is 0 Å². The van der Waals surface area contributed by atoms with Gasteiger partial charge in [0.15, 0.2) is 9.84 Å². The van der Waals surface area contributed by atoms with Gasteiger partial charge in [0.25, 0.3) is 0 Å². The lowest BCUT2D eigenvalue weighted by atomic mass is 10.00. The second kappa shape index (κ2) is 7.11. The second-order valence-electron chi connectivity index (χ2n) is 6.23. The van der Waals surface area contributed by atoms with Gasteiger partial charge in [-0.3, -0.25) is 0 Å². The fourth-order valence-electron chi connectivity index (χ4n) is 3.01. The Morgan fingerprint density at radius 3 is 2.68 bits per heavy atom. The van der Waals surface area contributed by atoms with Crippen LogP contribution in [0.1, 0.15) is 16.1 Å². The highest BCUT2D eigenvalue weighted by Gasteiger charge is 2.19. The van der Waals surface area contributed by atoms with E-state index in [1.54, 1.807) is 41.9 Å². The van der Waals surface area contributed by atoms with E-state index in [9.17, 15) is 8.42 Å². The largest absolute Gasteiger partial charge is 0.249 e. The number of nitrogens with zero attached hydrogens (tertiary/aromatic N) is 4. The van der Waals surface area contributed by atoms with Crippen molar-refractivity contribution in [1.29, 1.82) is 5.26 Å². The number of aromatic nitrogens is 3. The fourth-order valence-corrected chi connectivity index (χ4v) is 5.28. The van der Waals surface area contributed by atoms with Crippen molar-refractivity contribution in [3.63, 3.8) is 0 Å². The Balaban J connectivity index is 1.80. The standard InChI is InChI=1S/C20H14N4O2S2/c1-13-8-14(10-21)2-4-16(13)20-17-5-3-15(9-18(17)23-12-24-20)28(25,26)11-19-22-6-7-27-19/h2-9,12H,11H2,1H3. The summed E-state index contributed by atoms with van der Waals surface area (Å²) in [5, 5.41) is 12.1. The van der Waals surface area contributed by atoms with Crippen molar-refractivity contribution in [2.24, 2.45) is 0 Å². The molecule has 0 amide bonds. The number of hydrogen-bond donors (Lipinski definition) is 0. The molecule has 0 unspecified atom stereocenters. The van der Waals surface area contributed by atoms with Crippen LogP contribution < -0.4 is 0 Å². The molecule has 0 spiro atoms. The van der Waals surface area contributed by atoms with E-state index in [0.717, 1.165) is 16.5 Å². The Labute approximate surface area is 166 Å². The van der Waals surface area contributed by atoms with Gasteiger partial charge in [-0.2, -0.15) is 5.26 Å². The quantitative estimate of drug-likeness (QED) is 0.510. The average Bonchev–Trinajstić information content (AvgIpc) is 3.19. The molecule has 0 aliphatic heterocycles. The van der Waals surface area contributed by atoms with Crippen LogP contribution in [-0.4, -0.2) is 23.4 Å². The van der Waals surface area contributed by atoms with Gasteiger partial charge in [-0.25, -0.2) is 23.4 Å². The molecule has 4 rings (SSSR count). The molecule has 28 heavy (non-hydrogen) atoms. The average molecular weight is 406 g/mol. The summed E-state index contributed by atoms with van der Waals surface area (Å²) in [6.07, 6.45) is 3.02. The number of benzene rings is 2. The molecule has 0 bridgehead atoms. The molecular formula is C20H14N4O2S2. The molecule has 138 valence electrons. The number of hydrogen-bond acceptors (Lipinski definition) is 7. The van der Waals surface area contributed by atoms with Crippen LogP contribution in [0.5, 0.6) is 0 Å². The van der Waals surface area contributed by atoms with Crippen molar-refractivity contribution < 1.29 is 8.42 Å². The van der Waals surface area contributed by atoms with Gasteiger partial charge in [-0.15, -0.1) is 11.3 Å². The molecule has 8 heteroatoms. The predicted octanol–water partition coefficient (Wildman–Crippen LogP) is 3.91. The second-order valence-corrected chi connectivity index (χ2v) is 9.20. The normalized spacial score (nSPS) is 11.4. The maximum absolute atomic E-state index is 12.7. The molecular weight excluding hydrogens is 392 g/mol. The van der Waals surface area contributed by atoms with Crippen molar-refractivity contribution in [1.82, 2.24) is 15.0 Å². The minimum Gasteiger partial charge on any atom is -0.249 e. The van der Waals surface area contributed by atoms with E-state index in [1.807, 2.05) is 13.0 Å². The molecule has 2 heterocycles. The van der Waals surface area contributed by atoms with Crippen LogP contribution >= 0.6 is 11.3 Å². The van der Waals surface area contributed by atoms with Gasteiger partial charge in [0, 0.05) is 22.5 Å². The third kappa shape index (κ3) is 3.38. The smallest absolute Gasteiger partial charge is 0.184 e. The SMILES string of the molecule is Cc1cc(C#N)ccc1-c1ncnc2cc(S(=O)(=O)Cc3nccs3)ccc12. The highest BCUT2D eigenvalue weighted by molar-refractivity contribution is 7.90. The summed E-state index contributed by atoms with van der Waals surface area (Å²) in [5.74, 6) is -0.136. The Morgan fingerprint density at radius 2 is 1.96 bits per heavy atom. The van der Waals surface area contributed by atoms with E-state index in [4.69, 9.17) is 5.26 Å². The van der Waals surface area contributed by atoms with Crippen molar-refractivity contribution in [3.05, 3.63) is 70.4 Å². The monoisotopic (exact) mass is 406 g/mol. The first-order valence-corrected chi connectivity index (χ1v) is 10.9. The first-order chi connectivity index (χ1) is 13.5. The van der Waals surface area contributed by atoms with Crippen molar-refractivity contribution in [2.45, 2.75) is 17.6 Å². The number of fused-ring (bicyclic) bond motifs is 1. The number of nitriles is 1. The summed E-state index contributed by atoms with van der Waals surface area (Å²) in [7, 11) is -3.52. The van der Waals surface area contributed by atoms with E-state index < -0.39 is 9.84 Å². The highest BCUT2D eigenvalue weighted by Crippen LogP contribution is 2.30. The van der Waals surface area contributed by atoms with Gasteiger partial charge in [-0.1, -0.05) is 6.07 Å². The zero-order valence-corrected chi connectivity index (χ0v) is 16.5. The van der Waals surface area contributed by atoms with Gasteiger partial charge in [0.2, 0.25) is 0 Å². The van der Waals surface area contributed by atoms with Gasteiger partial charge in [0.05, 0.1) is 27.7 Å². The van der Waals surface area contributed by atoms with Crippen LogP contribution in [-0.2, 0) is 15.6 Å². The minimum atomic E-state index is -3.52. The van der Waals surface area contributed by atoms with Crippen molar-refractivity contribution >= 4 is 32.1 Å². The zero-order chi connectivity index (χ0) is 19.7. The molecule has 0 saturated heterocycles. The molecule has 2 aromatic carbocycles. The van der Waals surface area contributed by atoms with Crippen molar-refractivity contribution in [3.8, 4) is 17.3 Å². The number of aryl methyl sites for hydroxylation is 1. The van der Waals surface area contributed by atoms with E-state index in [-0.39, 0.29) is 10.6 Å². The molecule has 0 N–H and O–H groups in total. The number of sulfone groups is 1. The lowest BCUT2D eigenvalue weighted by Gasteiger charge is -2.10. The Bertz CT molecular complexity index is 1320.